The zero-order chi connectivity index (χ0) is 18.4. The van der Waals surface area contributed by atoms with Crippen LogP contribution in [0, 0.1) is 9.39 Å². The second-order valence-electron chi connectivity index (χ2n) is 5.58. The summed E-state index contributed by atoms with van der Waals surface area (Å²) in [6.45, 7) is 4.54. The summed E-state index contributed by atoms with van der Waals surface area (Å²) in [4.78, 5) is 12.4. The summed E-state index contributed by atoms with van der Waals surface area (Å²) >= 11 is 1.95. The molecule has 0 aliphatic rings. The largest absolute Gasteiger partial charge is 0.493 e. The number of halogens is 2. The van der Waals surface area contributed by atoms with E-state index in [1.165, 1.54) is 18.2 Å². The molecule has 1 N–H and O–H groups in total. The molecule has 134 valence electrons. The maximum Gasteiger partial charge on any atom is 0.252 e. The lowest BCUT2D eigenvalue weighted by Gasteiger charge is -2.17. The van der Waals surface area contributed by atoms with Gasteiger partial charge in [0.25, 0.3) is 5.91 Å². The first-order valence-electron chi connectivity index (χ1n) is 8.03. The van der Waals surface area contributed by atoms with E-state index in [1.807, 2.05) is 54.6 Å². The molecule has 2 aromatic carbocycles. The van der Waals surface area contributed by atoms with Crippen LogP contribution in [0.1, 0.15) is 42.2 Å². The Morgan fingerprint density at radius 2 is 2.00 bits per heavy atom. The van der Waals surface area contributed by atoms with Crippen LogP contribution >= 0.6 is 22.6 Å². The second kappa shape index (κ2) is 9.03. The molecule has 0 saturated heterocycles. The van der Waals surface area contributed by atoms with Gasteiger partial charge in [-0.1, -0.05) is 13.0 Å². The van der Waals surface area contributed by atoms with Crippen molar-refractivity contribution in [3.05, 3.63) is 56.9 Å². The molecule has 0 spiro atoms. The summed E-state index contributed by atoms with van der Waals surface area (Å²) in [6.07, 6.45) is 0.910. The van der Waals surface area contributed by atoms with Gasteiger partial charge in [-0.2, -0.15) is 0 Å². The SMILES string of the molecule is CCCOc1ccc(C(C)NC(=O)c2ccc(F)cc2I)cc1OC. The third kappa shape index (κ3) is 5.07. The molecule has 0 aliphatic heterocycles. The molecule has 4 nitrogen and oxygen atoms in total. The Morgan fingerprint density at radius 3 is 2.64 bits per heavy atom. The molecule has 0 fully saturated rings. The van der Waals surface area contributed by atoms with Gasteiger partial charge < -0.3 is 14.8 Å². The molecular formula is C19H21FINO3. The number of methoxy groups -OCH3 is 1. The Kier molecular flexibility index (Phi) is 7.04. The molecular weight excluding hydrogens is 436 g/mol. The first-order chi connectivity index (χ1) is 12.0. The van der Waals surface area contributed by atoms with Crippen molar-refractivity contribution >= 4 is 28.5 Å². The average Bonchev–Trinajstić information content (AvgIpc) is 2.59. The Bertz CT molecular complexity index is 751. The first-order valence-corrected chi connectivity index (χ1v) is 9.10. The van der Waals surface area contributed by atoms with Crippen molar-refractivity contribution in [3.63, 3.8) is 0 Å². The van der Waals surface area contributed by atoms with Crippen molar-refractivity contribution in [2.24, 2.45) is 0 Å². The quantitative estimate of drug-likeness (QED) is 0.613. The summed E-state index contributed by atoms with van der Waals surface area (Å²) < 4.78 is 24.8. The van der Waals surface area contributed by atoms with Gasteiger partial charge in [0.1, 0.15) is 5.82 Å². The highest BCUT2D eigenvalue weighted by Crippen LogP contribution is 2.30. The van der Waals surface area contributed by atoms with E-state index in [0.29, 0.717) is 27.2 Å². The van der Waals surface area contributed by atoms with Crippen LogP contribution in [0.3, 0.4) is 0 Å². The number of nitrogens with one attached hydrogen (secondary N) is 1. The molecule has 0 heterocycles. The Balaban J connectivity index is 2.14. The van der Waals surface area contributed by atoms with E-state index in [-0.39, 0.29) is 17.8 Å². The van der Waals surface area contributed by atoms with Gasteiger partial charge in [0.05, 0.1) is 25.3 Å². The third-order valence-electron chi connectivity index (χ3n) is 3.67. The highest BCUT2D eigenvalue weighted by Gasteiger charge is 2.16. The molecule has 0 radical (unpaired) electrons. The van der Waals surface area contributed by atoms with E-state index in [4.69, 9.17) is 9.47 Å². The van der Waals surface area contributed by atoms with Crippen molar-refractivity contribution in [1.82, 2.24) is 5.32 Å². The zero-order valence-electron chi connectivity index (χ0n) is 14.4. The van der Waals surface area contributed by atoms with Crippen molar-refractivity contribution in [1.29, 1.82) is 0 Å². The van der Waals surface area contributed by atoms with E-state index < -0.39 is 0 Å². The van der Waals surface area contributed by atoms with Gasteiger partial charge in [-0.25, -0.2) is 4.39 Å². The molecule has 0 saturated carbocycles. The summed E-state index contributed by atoms with van der Waals surface area (Å²) in [7, 11) is 1.59. The topological polar surface area (TPSA) is 47.6 Å². The van der Waals surface area contributed by atoms with Crippen molar-refractivity contribution in [2.45, 2.75) is 26.3 Å². The Morgan fingerprint density at radius 1 is 1.24 bits per heavy atom. The molecule has 1 amide bonds. The van der Waals surface area contributed by atoms with Gasteiger partial charge in [0.15, 0.2) is 11.5 Å². The number of benzene rings is 2. The molecule has 0 aromatic heterocycles. The van der Waals surface area contributed by atoms with Gasteiger partial charge in [-0.15, -0.1) is 0 Å². The lowest BCUT2D eigenvalue weighted by Crippen LogP contribution is -2.27. The van der Waals surface area contributed by atoms with E-state index in [0.717, 1.165) is 12.0 Å². The highest BCUT2D eigenvalue weighted by atomic mass is 127. The smallest absolute Gasteiger partial charge is 0.252 e. The Hall–Kier alpha value is -1.83. The van der Waals surface area contributed by atoms with E-state index in [1.54, 1.807) is 7.11 Å². The van der Waals surface area contributed by atoms with Crippen LogP contribution in [0.4, 0.5) is 4.39 Å². The fourth-order valence-corrected chi connectivity index (χ4v) is 3.04. The van der Waals surface area contributed by atoms with Gasteiger partial charge in [-0.05, 0) is 71.8 Å². The van der Waals surface area contributed by atoms with E-state index >= 15 is 0 Å². The van der Waals surface area contributed by atoms with Gasteiger partial charge in [0, 0.05) is 3.57 Å². The van der Waals surface area contributed by atoms with Crippen LogP contribution < -0.4 is 14.8 Å². The summed E-state index contributed by atoms with van der Waals surface area (Å²) in [5.41, 5.74) is 1.34. The maximum atomic E-state index is 13.2. The summed E-state index contributed by atoms with van der Waals surface area (Å²) in [5, 5.41) is 2.92. The van der Waals surface area contributed by atoms with Crippen LogP contribution in [-0.4, -0.2) is 19.6 Å². The number of hydrogen-bond acceptors (Lipinski definition) is 3. The molecule has 1 unspecified atom stereocenters. The zero-order valence-corrected chi connectivity index (χ0v) is 16.6. The lowest BCUT2D eigenvalue weighted by molar-refractivity contribution is 0.0939. The Labute approximate surface area is 160 Å². The number of rotatable bonds is 7. The minimum atomic E-state index is -0.360. The third-order valence-corrected chi connectivity index (χ3v) is 4.57. The molecule has 2 rings (SSSR count). The van der Waals surface area contributed by atoms with E-state index in [9.17, 15) is 9.18 Å². The van der Waals surface area contributed by atoms with Crippen LogP contribution in [0.25, 0.3) is 0 Å². The molecule has 25 heavy (non-hydrogen) atoms. The summed E-state index contributed by atoms with van der Waals surface area (Å²) in [5.74, 6) is 0.701. The van der Waals surface area contributed by atoms with Crippen LogP contribution in [0.15, 0.2) is 36.4 Å². The molecule has 6 heteroatoms. The van der Waals surface area contributed by atoms with Gasteiger partial charge in [0.2, 0.25) is 0 Å². The molecule has 2 aromatic rings. The first kappa shape index (κ1) is 19.5. The van der Waals surface area contributed by atoms with Crippen LogP contribution in [-0.2, 0) is 0 Å². The number of ether oxygens (including phenoxy) is 2. The van der Waals surface area contributed by atoms with Gasteiger partial charge in [-0.3, -0.25) is 4.79 Å². The number of carbonyl (C=O) groups is 1. The predicted molar refractivity (Wildman–Crippen MR) is 104 cm³/mol. The van der Waals surface area contributed by atoms with E-state index in [2.05, 4.69) is 5.32 Å². The molecule has 1 atom stereocenters. The van der Waals surface area contributed by atoms with Crippen molar-refractivity contribution < 1.29 is 18.7 Å². The number of amides is 1. The standard InChI is InChI=1S/C19H21FINO3/c1-4-9-25-17-8-5-13(10-18(17)24-3)12(2)22-19(23)15-7-6-14(20)11-16(15)21/h5-8,10-12H,4,9H2,1-3H3,(H,22,23). The van der Waals surface area contributed by atoms with Crippen LogP contribution in [0.5, 0.6) is 11.5 Å². The highest BCUT2D eigenvalue weighted by molar-refractivity contribution is 14.1. The average molecular weight is 457 g/mol. The fraction of sp³-hybridized carbons (Fsp3) is 0.316. The monoisotopic (exact) mass is 457 g/mol. The van der Waals surface area contributed by atoms with Gasteiger partial charge >= 0.3 is 0 Å². The van der Waals surface area contributed by atoms with Crippen molar-refractivity contribution in [2.75, 3.05) is 13.7 Å². The number of carbonyl (C=O) groups excluding carboxylic acids is 1. The van der Waals surface area contributed by atoms with Crippen LogP contribution in [0.2, 0.25) is 0 Å². The minimum absolute atomic E-state index is 0.234. The summed E-state index contributed by atoms with van der Waals surface area (Å²) in [6, 6.07) is 9.46. The predicted octanol–water partition coefficient (Wildman–Crippen LogP) is 4.72. The fourth-order valence-electron chi connectivity index (χ4n) is 2.32. The molecule has 0 aliphatic carbocycles. The second-order valence-corrected chi connectivity index (χ2v) is 6.74. The number of hydrogen-bond donors (Lipinski definition) is 1. The normalized spacial score (nSPS) is 11.7. The van der Waals surface area contributed by atoms with Crippen molar-refractivity contribution in [3.8, 4) is 11.5 Å². The maximum absolute atomic E-state index is 13.2. The minimum Gasteiger partial charge on any atom is -0.493 e. The lowest BCUT2D eigenvalue weighted by atomic mass is 10.1. The molecule has 0 bridgehead atoms.